The van der Waals surface area contributed by atoms with E-state index in [4.69, 9.17) is 18.6 Å². The molecule has 0 spiro atoms. The smallest absolute Gasteiger partial charge is 0.325 e. The second-order valence-corrected chi connectivity index (χ2v) is 17.7. The zero-order valence-electron chi connectivity index (χ0n) is 23.1. The number of aromatic nitrogens is 3. The third-order valence-electron chi connectivity index (χ3n) is 5.89. The summed E-state index contributed by atoms with van der Waals surface area (Å²) in [6, 6.07) is 9.30. The fourth-order valence-electron chi connectivity index (χ4n) is 3.76. The molecule has 0 aliphatic rings. The number of methoxy groups -OCH3 is 2. The summed E-state index contributed by atoms with van der Waals surface area (Å²) in [5.74, 6) is 1.19. The Morgan fingerprint density at radius 2 is 1.74 bits per heavy atom. The van der Waals surface area contributed by atoms with Crippen molar-refractivity contribution in [3.8, 4) is 28.8 Å². The van der Waals surface area contributed by atoms with Crippen molar-refractivity contribution in [1.82, 2.24) is 14.8 Å². The van der Waals surface area contributed by atoms with Gasteiger partial charge in [0.25, 0.3) is 10.0 Å². The summed E-state index contributed by atoms with van der Waals surface area (Å²) >= 11 is 0. The predicted octanol–water partition coefficient (Wildman–Crippen LogP) is 4.28. The zero-order chi connectivity index (χ0) is 28.3. The summed E-state index contributed by atoms with van der Waals surface area (Å²) < 4.78 is 52.8. The molecular formula is C25H36N4O7SSi. The number of hydrogen-bond donors (Lipinski definition) is 0. The number of carbonyl (C=O) groups excluding carboxylic acids is 1. The van der Waals surface area contributed by atoms with Crippen LogP contribution in [-0.4, -0.2) is 69.8 Å². The minimum absolute atomic E-state index is 0.0220. The Morgan fingerprint density at radius 1 is 1.11 bits per heavy atom. The Balaban J connectivity index is 2.36. The van der Waals surface area contributed by atoms with Crippen LogP contribution in [0.5, 0.6) is 11.5 Å². The summed E-state index contributed by atoms with van der Waals surface area (Å²) in [5.41, 5.74) is 0.388. The van der Waals surface area contributed by atoms with Gasteiger partial charge in [-0.25, -0.2) is 12.7 Å². The molecule has 0 aliphatic heterocycles. The van der Waals surface area contributed by atoms with Crippen molar-refractivity contribution in [3.05, 3.63) is 36.1 Å². The molecule has 0 bridgehead atoms. The molecule has 2 aromatic heterocycles. The standard InChI is InChI=1S/C25H36N4O7SSi/c1-9-35-24(30)18(3)37(31,32)28(15-16-38(6,7)8)25-27-26-23(21-14-13-17(2)36-21)29(25)22-19(33-4)11-10-12-20(22)34-5/h10-14,18H,9,15-16H2,1-8H3/t18-/m1/s1. The van der Waals surface area contributed by atoms with Gasteiger partial charge in [0.1, 0.15) is 22.9 Å². The summed E-state index contributed by atoms with van der Waals surface area (Å²) in [5, 5.41) is 7.21. The fraction of sp³-hybridized carbons (Fsp3) is 0.480. The zero-order valence-corrected chi connectivity index (χ0v) is 25.0. The Bertz CT molecular complexity index is 1360. The number of sulfonamides is 1. The first-order valence-corrected chi connectivity index (χ1v) is 17.5. The first-order chi connectivity index (χ1) is 17.8. The van der Waals surface area contributed by atoms with Gasteiger partial charge < -0.3 is 18.6 Å². The van der Waals surface area contributed by atoms with Gasteiger partial charge in [-0.1, -0.05) is 25.7 Å². The van der Waals surface area contributed by atoms with Crippen LogP contribution >= 0.6 is 0 Å². The number of hydrogen-bond acceptors (Lipinski definition) is 9. The molecule has 1 aromatic carbocycles. The highest BCUT2D eigenvalue weighted by Gasteiger charge is 2.40. The van der Waals surface area contributed by atoms with Crippen molar-refractivity contribution in [2.24, 2.45) is 0 Å². The summed E-state index contributed by atoms with van der Waals surface area (Å²) in [4.78, 5) is 12.6. The van der Waals surface area contributed by atoms with Crippen molar-refractivity contribution in [3.63, 3.8) is 0 Å². The third kappa shape index (κ3) is 6.04. The van der Waals surface area contributed by atoms with Crippen LogP contribution in [0.1, 0.15) is 19.6 Å². The number of esters is 1. The van der Waals surface area contributed by atoms with Crippen molar-refractivity contribution < 1.29 is 31.8 Å². The SMILES string of the molecule is CCOC(=O)[C@@H](C)S(=O)(=O)N(CC[Si](C)(C)C)c1nnc(-c2ccc(C)o2)n1-c1c(OC)cccc1OC. The lowest BCUT2D eigenvalue weighted by Crippen LogP contribution is -2.45. The van der Waals surface area contributed by atoms with Crippen LogP contribution in [0.15, 0.2) is 34.7 Å². The highest BCUT2D eigenvalue weighted by molar-refractivity contribution is 7.94. The number of carbonyl (C=O) groups is 1. The van der Waals surface area contributed by atoms with Crippen LogP contribution in [0.4, 0.5) is 5.95 Å². The van der Waals surface area contributed by atoms with E-state index < -0.39 is 29.3 Å². The first kappa shape index (κ1) is 29.2. The molecule has 0 fully saturated rings. The molecule has 0 amide bonds. The molecule has 0 saturated heterocycles. The molecule has 0 N–H and O–H groups in total. The van der Waals surface area contributed by atoms with Gasteiger partial charge in [-0.15, -0.1) is 10.2 Å². The fourth-order valence-corrected chi connectivity index (χ4v) is 6.20. The minimum atomic E-state index is -4.29. The Kier molecular flexibility index (Phi) is 8.92. The summed E-state index contributed by atoms with van der Waals surface area (Å²) in [6.45, 7) is 11.3. The van der Waals surface area contributed by atoms with Gasteiger partial charge in [-0.2, -0.15) is 0 Å². The summed E-state index contributed by atoms with van der Waals surface area (Å²) in [7, 11) is -3.03. The van der Waals surface area contributed by atoms with Gasteiger partial charge in [0, 0.05) is 14.6 Å². The highest BCUT2D eigenvalue weighted by atomic mass is 32.2. The summed E-state index contributed by atoms with van der Waals surface area (Å²) in [6.07, 6.45) is 0. The predicted molar refractivity (Wildman–Crippen MR) is 147 cm³/mol. The monoisotopic (exact) mass is 564 g/mol. The van der Waals surface area contributed by atoms with E-state index in [2.05, 4.69) is 29.8 Å². The molecule has 0 radical (unpaired) electrons. The van der Waals surface area contributed by atoms with E-state index in [1.807, 2.05) is 0 Å². The average Bonchev–Trinajstić information content (AvgIpc) is 3.48. The third-order valence-corrected chi connectivity index (χ3v) is 9.66. The van der Waals surface area contributed by atoms with Crippen molar-refractivity contribution in [2.45, 2.75) is 51.7 Å². The van der Waals surface area contributed by atoms with Crippen LogP contribution in [-0.2, 0) is 19.6 Å². The Labute approximate surface area is 224 Å². The molecule has 0 saturated carbocycles. The van der Waals surface area contributed by atoms with E-state index in [0.29, 0.717) is 34.8 Å². The maximum atomic E-state index is 14.0. The van der Waals surface area contributed by atoms with Crippen molar-refractivity contribution >= 4 is 30.0 Å². The number of para-hydroxylation sites is 1. The average molecular weight is 565 g/mol. The molecule has 13 heteroatoms. The molecule has 2 heterocycles. The largest absolute Gasteiger partial charge is 0.494 e. The first-order valence-electron chi connectivity index (χ1n) is 12.3. The lowest BCUT2D eigenvalue weighted by atomic mass is 10.2. The second kappa shape index (κ2) is 11.6. The minimum Gasteiger partial charge on any atom is -0.494 e. The van der Waals surface area contributed by atoms with E-state index >= 15 is 0 Å². The highest BCUT2D eigenvalue weighted by Crippen LogP contribution is 2.39. The van der Waals surface area contributed by atoms with Crippen LogP contribution < -0.4 is 13.8 Å². The van der Waals surface area contributed by atoms with E-state index in [0.717, 1.165) is 4.31 Å². The van der Waals surface area contributed by atoms with Gasteiger partial charge in [0.15, 0.2) is 11.0 Å². The number of rotatable bonds is 12. The molecule has 0 unspecified atom stereocenters. The van der Waals surface area contributed by atoms with Crippen molar-refractivity contribution in [1.29, 1.82) is 0 Å². The van der Waals surface area contributed by atoms with E-state index in [9.17, 15) is 13.2 Å². The normalized spacial score (nSPS) is 12.7. The molecular weight excluding hydrogens is 528 g/mol. The quantitative estimate of drug-likeness (QED) is 0.234. The second-order valence-electron chi connectivity index (χ2n) is 9.90. The number of anilines is 1. The van der Waals surface area contributed by atoms with Gasteiger partial charge >= 0.3 is 5.97 Å². The molecule has 208 valence electrons. The maximum absolute atomic E-state index is 14.0. The van der Waals surface area contributed by atoms with Crippen LogP contribution in [0.2, 0.25) is 25.7 Å². The lowest BCUT2D eigenvalue weighted by molar-refractivity contribution is -0.142. The van der Waals surface area contributed by atoms with Gasteiger partial charge in [0.2, 0.25) is 11.8 Å². The van der Waals surface area contributed by atoms with E-state index in [1.165, 1.54) is 25.7 Å². The molecule has 1 atom stereocenters. The number of furan rings is 1. The lowest BCUT2D eigenvalue weighted by Gasteiger charge is -2.29. The number of aryl methyl sites for hydroxylation is 1. The van der Waals surface area contributed by atoms with Gasteiger partial charge in [-0.3, -0.25) is 9.36 Å². The van der Waals surface area contributed by atoms with Crippen molar-refractivity contribution in [2.75, 3.05) is 31.7 Å². The Hall–Kier alpha value is -3.32. The molecule has 3 rings (SSSR count). The van der Waals surface area contributed by atoms with E-state index in [1.54, 1.807) is 44.2 Å². The molecule has 0 aliphatic carbocycles. The van der Waals surface area contributed by atoms with Crippen LogP contribution in [0.25, 0.3) is 17.3 Å². The molecule has 11 nitrogen and oxygen atoms in total. The number of ether oxygens (including phenoxy) is 3. The number of benzene rings is 1. The topological polar surface area (TPSA) is 126 Å². The molecule has 3 aromatic rings. The van der Waals surface area contributed by atoms with Gasteiger partial charge in [0.05, 0.1) is 20.8 Å². The van der Waals surface area contributed by atoms with Crippen LogP contribution in [0, 0.1) is 6.92 Å². The van der Waals surface area contributed by atoms with E-state index in [-0.39, 0.29) is 24.9 Å². The Morgan fingerprint density at radius 3 is 2.24 bits per heavy atom. The van der Waals surface area contributed by atoms with Gasteiger partial charge in [-0.05, 0) is 51.1 Å². The number of nitrogens with zero attached hydrogens (tertiary/aromatic N) is 4. The maximum Gasteiger partial charge on any atom is 0.325 e. The molecule has 38 heavy (non-hydrogen) atoms. The van der Waals surface area contributed by atoms with Crippen LogP contribution in [0.3, 0.4) is 0 Å².